The van der Waals surface area contributed by atoms with Gasteiger partial charge in [0.15, 0.2) is 0 Å². The molecule has 1 rings (SSSR count). The molecular formula is C10H11O3. The Morgan fingerprint density at radius 2 is 2.08 bits per heavy atom. The van der Waals surface area contributed by atoms with Crippen LogP contribution in [0.5, 0.6) is 0 Å². The van der Waals surface area contributed by atoms with E-state index < -0.39 is 5.97 Å². The second kappa shape index (κ2) is 5.32. The molecule has 0 heterocycles. The van der Waals surface area contributed by atoms with E-state index in [-0.39, 0.29) is 0 Å². The first-order valence-electron chi connectivity index (χ1n) is 4.04. The van der Waals surface area contributed by atoms with Gasteiger partial charge < -0.3 is 9.47 Å². The summed E-state index contributed by atoms with van der Waals surface area (Å²) >= 11 is 0. The summed E-state index contributed by atoms with van der Waals surface area (Å²) in [7, 11) is 0. The quantitative estimate of drug-likeness (QED) is 0.523. The molecule has 0 spiro atoms. The third-order valence-electron chi connectivity index (χ3n) is 1.40. The third kappa shape index (κ3) is 3.25. The van der Waals surface area contributed by atoms with Crippen LogP contribution < -0.4 is 0 Å². The van der Waals surface area contributed by atoms with Crippen molar-refractivity contribution in [2.24, 2.45) is 0 Å². The Hall–Kier alpha value is -1.35. The molecule has 0 saturated carbocycles. The zero-order chi connectivity index (χ0) is 9.52. The molecule has 0 unspecified atom stereocenters. The fourth-order valence-corrected chi connectivity index (χ4v) is 0.788. The van der Waals surface area contributed by atoms with E-state index in [2.05, 4.69) is 4.74 Å². The summed E-state index contributed by atoms with van der Waals surface area (Å²) in [4.78, 5) is 11.2. The van der Waals surface area contributed by atoms with Gasteiger partial charge in [-0.3, -0.25) is 0 Å². The lowest BCUT2D eigenvalue weighted by atomic mass is 10.2. The van der Waals surface area contributed by atoms with Crippen LogP contribution >= 0.6 is 0 Å². The highest BCUT2D eigenvalue weighted by molar-refractivity contribution is 5.89. The molecule has 0 saturated heterocycles. The smallest absolute Gasteiger partial charge is 0.340 e. The van der Waals surface area contributed by atoms with Crippen molar-refractivity contribution in [2.45, 2.75) is 6.92 Å². The summed E-state index contributed by atoms with van der Waals surface area (Å²) in [5.74, 6) is -0.408. The SMILES string of the molecule is CCO[CH]OC(=O)c1ccccc1. The number of hydrogen-bond donors (Lipinski definition) is 0. The molecular weight excluding hydrogens is 168 g/mol. The van der Waals surface area contributed by atoms with Crippen molar-refractivity contribution in [1.82, 2.24) is 0 Å². The minimum absolute atomic E-state index is 0.408. The zero-order valence-electron chi connectivity index (χ0n) is 7.40. The van der Waals surface area contributed by atoms with Crippen molar-refractivity contribution in [1.29, 1.82) is 0 Å². The van der Waals surface area contributed by atoms with Gasteiger partial charge in [0.2, 0.25) is 0 Å². The Labute approximate surface area is 77.3 Å². The van der Waals surface area contributed by atoms with Crippen LogP contribution in [0.1, 0.15) is 17.3 Å². The summed E-state index contributed by atoms with van der Waals surface area (Å²) in [5.41, 5.74) is 0.512. The van der Waals surface area contributed by atoms with Crippen molar-refractivity contribution < 1.29 is 14.3 Å². The van der Waals surface area contributed by atoms with Gasteiger partial charge in [-0.05, 0) is 19.1 Å². The van der Waals surface area contributed by atoms with Crippen molar-refractivity contribution in [2.75, 3.05) is 6.61 Å². The van der Waals surface area contributed by atoms with Gasteiger partial charge in [0.1, 0.15) is 0 Å². The van der Waals surface area contributed by atoms with Crippen molar-refractivity contribution in [3.05, 3.63) is 42.7 Å². The molecule has 0 atom stereocenters. The maximum Gasteiger partial charge on any atom is 0.340 e. The van der Waals surface area contributed by atoms with Gasteiger partial charge in [0.25, 0.3) is 6.79 Å². The molecule has 0 aliphatic rings. The lowest BCUT2D eigenvalue weighted by Gasteiger charge is -2.01. The molecule has 13 heavy (non-hydrogen) atoms. The molecule has 0 N–H and O–H groups in total. The second-order valence-electron chi connectivity index (χ2n) is 2.32. The summed E-state index contributed by atoms with van der Waals surface area (Å²) in [5, 5.41) is 0. The molecule has 1 radical (unpaired) electrons. The molecule has 0 bridgehead atoms. The average molecular weight is 179 g/mol. The summed E-state index contributed by atoms with van der Waals surface area (Å²) in [6, 6.07) is 8.75. The fourth-order valence-electron chi connectivity index (χ4n) is 0.788. The maximum absolute atomic E-state index is 11.2. The van der Waals surface area contributed by atoms with Crippen LogP contribution in [0.2, 0.25) is 0 Å². The van der Waals surface area contributed by atoms with Crippen LogP contribution in [0.15, 0.2) is 30.3 Å². The van der Waals surface area contributed by atoms with Crippen LogP contribution in [0.3, 0.4) is 0 Å². The van der Waals surface area contributed by atoms with E-state index >= 15 is 0 Å². The average Bonchev–Trinajstić information content (AvgIpc) is 2.19. The summed E-state index contributed by atoms with van der Waals surface area (Å²) < 4.78 is 9.44. The first kappa shape index (κ1) is 9.74. The summed E-state index contributed by atoms with van der Waals surface area (Å²) in [6.45, 7) is 3.35. The van der Waals surface area contributed by atoms with Gasteiger partial charge >= 0.3 is 5.97 Å². The van der Waals surface area contributed by atoms with E-state index in [4.69, 9.17) is 4.74 Å². The Kier molecular flexibility index (Phi) is 3.99. The molecule has 0 fully saturated rings. The molecule has 1 aromatic carbocycles. The van der Waals surface area contributed by atoms with E-state index in [0.717, 1.165) is 6.79 Å². The van der Waals surface area contributed by atoms with Gasteiger partial charge in [0.05, 0.1) is 5.56 Å². The van der Waals surface area contributed by atoms with Crippen molar-refractivity contribution in [3.8, 4) is 0 Å². The van der Waals surface area contributed by atoms with Gasteiger partial charge in [-0.1, -0.05) is 18.2 Å². The highest BCUT2D eigenvalue weighted by Crippen LogP contribution is 2.01. The predicted molar refractivity (Wildman–Crippen MR) is 47.8 cm³/mol. The monoisotopic (exact) mass is 179 g/mol. The van der Waals surface area contributed by atoms with Gasteiger partial charge in [0, 0.05) is 6.61 Å². The standard InChI is InChI=1S/C10H11O3/c1-2-12-8-13-10(11)9-6-4-3-5-7-9/h3-8H,2H2,1H3. The maximum atomic E-state index is 11.2. The van der Waals surface area contributed by atoms with E-state index in [1.165, 1.54) is 0 Å². The lowest BCUT2D eigenvalue weighted by Crippen LogP contribution is -2.04. The lowest BCUT2D eigenvalue weighted by molar-refractivity contribution is 0.0211. The predicted octanol–water partition coefficient (Wildman–Crippen LogP) is 2.00. The van der Waals surface area contributed by atoms with Gasteiger partial charge in [-0.2, -0.15) is 0 Å². The molecule has 1 aromatic rings. The molecule has 3 heteroatoms. The number of benzene rings is 1. The minimum Gasteiger partial charge on any atom is -0.425 e. The molecule has 0 aliphatic heterocycles. The second-order valence-corrected chi connectivity index (χ2v) is 2.32. The van der Waals surface area contributed by atoms with Gasteiger partial charge in [-0.15, -0.1) is 0 Å². The van der Waals surface area contributed by atoms with Crippen LogP contribution in [0, 0.1) is 6.79 Å². The molecule has 0 amide bonds. The number of carbonyl (C=O) groups excluding carboxylic acids is 1. The van der Waals surface area contributed by atoms with Crippen LogP contribution in [0.25, 0.3) is 0 Å². The topological polar surface area (TPSA) is 35.5 Å². The number of ether oxygens (including phenoxy) is 2. The fraction of sp³-hybridized carbons (Fsp3) is 0.200. The van der Waals surface area contributed by atoms with Crippen LogP contribution in [-0.4, -0.2) is 12.6 Å². The van der Waals surface area contributed by atoms with Crippen molar-refractivity contribution in [3.63, 3.8) is 0 Å². The number of hydrogen-bond acceptors (Lipinski definition) is 3. The van der Waals surface area contributed by atoms with E-state index in [1.54, 1.807) is 24.3 Å². The zero-order valence-corrected chi connectivity index (χ0v) is 7.40. The summed E-state index contributed by atoms with van der Waals surface area (Å²) in [6.07, 6.45) is 0. The third-order valence-corrected chi connectivity index (χ3v) is 1.40. The Bertz CT molecular complexity index is 256. The van der Waals surface area contributed by atoms with Gasteiger partial charge in [-0.25, -0.2) is 4.79 Å². The normalized spacial score (nSPS) is 9.62. The molecule has 69 valence electrons. The number of carbonyl (C=O) groups is 1. The Balaban J connectivity index is 2.40. The largest absolute Gasteiger partial charge is 0.425 e. The molecule has 0 aromatic heterocycles. The molecule has 3 nitrogen and oxygen atoms in total. The van der Waals surface area contributed by atoms with Crippen LogP contribution in [-0.2, 0) is 9.47 Å². The highest BCUT2D eigenvalue weighted by Gasteiger charge is 2.04. The number of rotatable bonds is 4. The van der Waals surface area contributed by atoms with E-state index in [1.807, 2.05) is 13.0 Å². The minimum atomic E-state index is -0.408. The van der Waals surface area contributed by atoms with Crippen molar-refractivity contribution >= 4 is 5.97 Å². The first-order valence-corrected chi connectivity index (χ1v) is 4.04. The van der Waals surface area contributed by atoms with Crippen LogP contribution in [0.4, 0.5) is 0 Å². The number of esters is 1. The van der Waals surface area contributed by atoms with E-state index in [9.17, 15) is 4.79 Å². The Morgan fingerprint density at radius 1 is 1.38 bits per heavy atom. The molecule has 0 aliphatic carbocycles. The highest BCUT2D eigenvalue weighted by atomic mass is 16.7. The van der Waals surface area contributed by atoms with E-state index in [0.29, 0.717) is 12.2 Å². The first-order chi connectivity index (χ1) is 6.34. The Morgan fingerprint density at radius 3 is 2.69 bits per heavy atom.